The van der Waals surface area contributed by atoms with Crippen molar-refractivity contribution in [2.24, 2.45) is 5.92 Å². The molecule has 8 nitrogen and oxygen atoms in total. The molecule has 2 aliphatic heterocycles. The van der Waals surface area contributed by atoms with Gasteiger partial charge in [0, 0.05) is 31.9 Å². The second-order valence-corrected chi connectivity index (χ2v) is 10.0. The molecule has 0 bridgehead atoms. The predicted molar refractivity (Wildman–Crippen MR) is 123 cm³/mol. The Morgan fingerprint density at radius 1 is 1.19 bits per heavy atom. The average Bonchev–Trinajstić information content (AvgIpc) is 3.18. The van der Waals surface area contributed by atoms with Gasteiger partial charge in [-0.05, 0) is 57.6 Å². The Balaban J connectivity index is 1.27. The molecule has 6 rings (SSSR count). The highest BCUT2D eigenvalue weighted by Crippen LogP contribution is 2.48. The summed E-state index contributed by atoms with van der Waals surface area (Å²) in [5.74, 6) is 2.14. The number of anilines is 1. The van der Waals surface area contributed by atoms with Crippen molar-refractivity contribution in [1.82, 2.24) is 29.6 Å². The summed E-state index contributed by atoms with van der Waals surface area (Å²) >= 11 is 6.10. The number of piperidine rings is 1. The molecule has 3 aromatic heterocycles. The number of imidazole rings is 1. The standard InChI is InChI=1S/C23H28ClN7O/c1-15-4-5-16(21(32)29-10-2-3-11-29)13-30(15)19-7-6-18-20(27-19)28-22(26-18)23(8-9-23)31-14-17(24)12-25-31/h6-7,12,14-16H,2-5,8-11,13H2,1H3,(H,26,27,28). The molecule has 0 radical (unpaired) electrons. The largest absolute Gasteiger partial charge is 0.353 e. The molecule has 1 N–H and O–H groups in total. The fourth-order valence-corrected chi connectivity index (χ4v) is 5.45. The molecular formula is C23H28ClN7O. The van der Waals surface area contributed by atoms with Crippen LogP contribution in [0.1, 0.15) is 51.3 Å². The lowest BCUT2D eigenvalue weighted by atomic mass is 9.92. The molecule has 32 heavy (non-hydrogen) atoms. The quantitative estimate of drug-likeness (QED) is 0.652. The smallest absolute Gasteiger partial charge is 0.227 e. The lowest BCUT2D eigenvalue weighted by Gasteiger charge is -2.39. The molecule has 1 saturated carbocycles. The van der Waals surface area contributed by atoms with Crippen molar-refractivity contribution < 1.29 is 4.79 Å². The summed E-state index contributed by atoms with van der Waals surface area (Å²) in [6.07, 6.45) is 9.68. The van der Waals surface area contributed by atoms with Gasteiger partial charge in [-0.1, -0.05) is 11.6 Å². The number of amides is 1. The van der Waals surface area contributed by atoms with Crippen LogP contribution in [0.2, 0.25) is 5.02 Å². The first kappa shape index (κ1) is 20.0. The number of carbonyl (C=O) groups excluding carboxylic acids is 1. The molecule has 2 unspecified atom stereocenters. The number of aromatic amines is 1. The van der Waals surface area contributed by atoms with E-state index in [1.54, 1.807) is 6.20 Å². The molecule has 0 spiro atoms. The molecule has 2 atom stereocenters. The van der Waals surface area contributed by atoms with Gasteiger partial charge < -0.3 is 14.8 Å². The van der Waals surface area contributed by atoms with Crippen molar-refractivity contribution in [3.05, 3.63) is 35.4 Å². The Bertz CT molecular complexity index is 1160. The number of nitrogens with zero attached hydrogens (tertiary/aromatic N) is 6. The number of nitrogens with one attached hydrogen (secondary N) is 1. The van der Waals surface area contributed by atoms with Crippen LogP contribution in [0, 0.1) is 5.92 Å². The van der Waals surface area contributed by atoms with Crippen molar-refractivity contribution in [1.29, 1.82) is 0 Å². The molecule has 0 aromatic carbocycles. The Kier molecular flexibility index (Phi) is 4.68. The molecule has 2 saturated heterocycles. The van der Waals surface area contributed by atoms with Gasteiger partial charge in [0.1, 0.15) is 17.2 Å². The highest BCUT2D eigenvalue weighted by atomic mass is 35.5. The van der Waals surface area contributed by atoms with E-state index in [0.717, 1.165) is 75.3 Å². The Morgan fingerprint density at radius 3 is 2.72 bits per heavy atom. The van der Waals surface area contributed by atoms with Crippen LogP contribution in [-0.4, -0.2) is 61.2 Å². The fourth-order valence-electron chi connectivity index (χ4n) is 5.31. The number of pyridine rings is 1. The maximum absolute atomic E-state index is 13.0. The minimum atomic E-state index is -0.250. The van der Waals surface area contributed by atoms with Gasteiger partial charge in [0.2, 0.25) is 5.91 Å². The van der Waals surface area contributed by atoms with Gasteiger partial charge in [-0.25, -0.2) is 9.97 Å². The number of carbonyl (C=O) groups is 1. The van der Waals surface area contributed by atoms with Crippen LogP contribution in [0.5, 0.6) is 0 Å². The summed E-state index contributed by atoms with van der Waals surface area (Å²) in [6.45, 7) is 4.77. The molecule has 1 aliphatic carbocycles. The zero-order valence-corrected chi connectivity index (χ0v) is 19.1. The zero-order valence-electron chi connectivity index (χ0n) is 18.3. The first-order chi connectivity index (χ1) is 15.5. The molecule has 5 heterocycles. The summed E-state index contributed by atoms with van der Waals surface area (Å²) in [6, 6.07) is 4.45. The number of rotatable bonds is 4. The van der Waals surface area contributed by atoms with Crippen LogP contribution >= 0.6 is 11.6 Å². The third-order valence-electron chi connectivity index (χ3n) is 7.43. The average molecular weight is 454 g/mol. The van der Waals surface area contributed by atoms with Crippen LogP contribution in [0.15, 0.2) is 24.5 Å². The summed E-state index contributed by atoms with van der Waals surface area (Å²) in [5, 5.41) is 5.04. The lowest BCUT2D eigenvalue weighted by Crippen LogP contribution is -2.48. The van der Waals surface area contributed by atoms with E-state index in [-0.39, 0.29) is 11.5 Å². The van der Waals surface area contributed by atoms with Crippen molar-refractivity contribution in [3.63, 3.8) is 0 Å². The van der Waals surface area contributed by atoms with Crippen LogP contribution in [0.25, 0.3) is 11.2 Å². The molecule has 9 heteroatoms. The summed E-state index contributed by atoms with van der Waals surface area (Å²) < 4.78 is 1.91. The van der Waals surface area contributed by atoms with E-state index < -0.39 is 0 Å². The fraction of sp³-hybridized carbons (Fsp3) is 0.565. The van der Waals surface area contributed by atoms with Crippen molar-refractivity contribution >= 4 is 34.5 Å². The van der Waals surface area contributed by atoms with Crippen molar-refractivity contribution in [2.45, 2.75) is 57.0 Å². The molecule has 3 aliphatic rings. The maximum Gasteiger partial charge on any atom is 0.227 e. The number of fused-ring (bicyclic) bond motifs is 1. The predicted octanol–water partition coefficient (Wildman–Crippen LogP) is 3.57. The Labute approximate surface area is 192 Å². The highest BCUT2D eigenvalue weighted by Gasteiger charge is 2.50. The van der Waals surface area contributed by atoms with E-state index >= 15 is 0 Å². The van der Waals surface area contributed by atoms with E-state index in [2.05, 4.69) is 28.0 Å². The number of hydrogen-bond donors (Lipinski definition) is 1. The third kappa shape index (κ3) is 3.27. The third-order valence-corrected chi connectivity index (χ3v) is 7.62. The van der Waals surface area contributed by atoms with Gasteiger partial charge in [0.25, 0.3) is 0 Å². The minimum Gasteiger partial charge on any atom is -0.353 e. The van der Waals surface area contributed by atoms with Gasteiger partial charge in [0.15, 0.2) is 5.65 Å². The van der Waals surface area contributed by atoms with Gasteiger partial charge in [-0.15, -0.1) is 0 Å². The molecule has 168 valence electrons. The SMILES string of the molecule is CC1CCC(C(=O)N2CCCC2)CN1c1ccc2[nH]c(C3(n4cc(Cl)cn4)CC3)nc2n1. The summed E-state index contributed by atoms with van der Waals surface area (Å²) in [7, 11) is 0. The van der Waals surface area contributed by atoms with Crippen LogP contribution in [0.4, 0.5) is 5.82 Å². The number of halogens is 1. The second kappa shape index (κ2) is 7.47. The van der Waals surface area contributed by atoms with E-state index in [0.29, 0.717) is 22.6 Å². The molecular weight excluding hydrogens is 426 g/mol. The molecule has 1 amide bonds. The minimum absolute atomic E-state index is 0.0517. The van der Waals surface area contributed by atoms with Crippen molar-refractivity contribution in [3.8, 4) is 0 Å². The number of likely N-dealkylation sites (tertiary alicyclic amines) is 1. The van der Waals surface area contributed by atoms with Crippen LogP contribution in [0.3, 0.4) is 0 Å². The number of aromatic nitrogens is 5. The summed E-state index contributed by atoms with van der Waals surface area (Å²) in [4.78, 5) is 30.5. The Morgan fingerprint density at radius 2 is 2.00 bits per heavy atom. The van der Waals surface area contributed by atoms with E-state index in [1.807, 2.05) is 21.8 Å². The normalized spacial score (nSPS) is 24.9. The van der Waals surface area contributed by atoms with Gasteiger partial charge in [-0.3, -0.25) is 9.48 Å². The van der Waals surface area contributed by atoms with Gasteiger partial charge in [-0.2, -0.15) is 5.10 Å². The highest BCUT2D eigenvalue weighted by molar-refractivity contribution is 6.30. The van der Waals surface area contributed by atoms with Gasteiger partial charge >= 0.3 is 0 Å². The van der Waals surface area contributed by atoms with Gasteiger partial charge in [0.05, 0.1) is 22.7 Å². The first-order valence-electron chi connectivity index (χ1n) is 11.7. The van der Waals surface area contributed by atoms with Crippen molar-refractivity contribution in [2.75, 3.05) is 24.5 Å². The number of hydrogen-bond acceptors (Lipinski definition) is 5. The monoisotopic (exact) mass is 453 g/mol. The number of H-pyrrole nitrogens is 1. The van der Waals surface area contributed by atoms with Crippen LogP contribution < -0.4 is 4.90 Å². The van der Waals surface area contributed by atoms with E-state index in [9.17, 15) is 4.79 Å². The Hall–Kier alpha value is -2.61. The van der Waals surface area contributed by atoms with E-state index in [1.165, 1.54) is 0 Å². The molecule has 3 aromatic rings. The first-order valence-corrected chi connectivity index (χ1v) is 12.0. The lowest BCUT2D eigenvalue weighted by molar-refractivity contribution is -0.134. The maximum atomic E-state index is 13.0. The van der Waals surface area contributed by atoms with E-state index in [4.69, 9.17) is 21.6 Å². The second-order valence-electron chi connectivity index (χ2n) is 9.57. The molecule has 3 fully saturated rings. The zero-order chi connectivity index (χ0) is 21.9. The topological polar surface area (TPSA) is 82.9 Å². The van der Waals surface area contributed by atoms with Crippen LogP contribution in [-0.2, 0) is 10.3 Å². The summed E-state index contributed by atoms with van der Waals surface area (Å²) in [5.41, 5.74) is 1.38.